The van der Waals surface area contributed by atoms with Crippen LogP contribution < -0.4 is 14.4 Å². The van der Waals surface area contributed by atoms with Gasteiger partial charge in [0.05, 0.1) is 5.39 Å². The highest BCUT2D eigenvalue weighted by Gasteiger charge is 2.21. The minimum absolute atomic E-state index is 0.235. The predicted molar refractivity (Wildman–Crippen MR) is 102 cm³/mol. The molecule has 6 nitrogen and oxygen atoms in total. The van der Waals surface area contributed by atoms with Crippen LogP contribution in [-0.4, -0.2) is 29.9 Å². The number of ether oxygens (including phenoxy) is 2. The number of anilines is 1. The number of nitriles is 1. The Bertz CT molecular complexity index is 1030. The lowest BCUT2D eigenvalue weighted by Gasteiger charge is -2.21. The van der Waals surface area contributed by atoms with Crippen LogP contribution in [0.25, 0.3) is 21.6 Å². The van der Waals surface area contributed by atoms with Crippen LogP contribution >= 0.6 is 11.3 Å². The van der Waals surface area contributed by atoms with Crippen molar-refractivity contribution in [2.24, 2.45) is 0 Å². The molecule has 2 aromatic heterocycles. The quantitative estimate of drug-likeness (QED) is 0.692. The summed E-state index contributed by atoms with van der Waals surface area (Å²) in [4.78, 5) is 13.3. The van der Waals surface area contributed by atoms with E-state index in [4.69, 9.17) is 19.4 Å². The van der Waals surface area contributed by atoms with Crippen LogP contribution in [0, 0.1) is 18.3 Å². The van der Waals surface area contributed by atoms with E-state index in [0.29, 0.717) is 16.5 Å². The molecule has 3 heterocycles. The van der Waals surface area contributed by atoms with Crippen molar-refractivity contribution in [3.8, 4) is 29.0 Å². The molecule has 0 radical (unpaired) electrons. The van der Waals surface area contributed by atoms with E-state index in [2.05, 4.69) is 24.8 Å². The van der Waals surface area contributed by atoms with Gasteiger partial charge in [-0.2, -0.15) is 5.26 Å². The first-order chi connectivity index (χ1) is 12.7. The second kappa shape index (κ2) is 6.46. The van der Waals surface area contributed by atoms with E-state index >= 15 is 0 Å². The fourth-order valence-electron chi connectivity index (χ4n) is 3.14. The van der Waals surface area contributed by atoms with Crippen molar-refractivity contribution in [3.63, 3.8) is 0 Å². The molecule has 0 saturated heterocycles. The summed E-state index contributed by atoms with van der Waals surface area (Å²) in [6.07, 6.45) is 0. The molecule has 0 spiro atoms. The van der Waals surface area contributed by atoms with Gasteiger partial charge in [0.15, 0.2) is 17.3 Å². The van der Waals surface area contributed by atoms with Crippen LogP contribution in [0.2, 0.25) is 0 Å². The summed E-state index contributed by atoms with van der Waals surface area (Å²) in [6.45, 7) is 8.07. The van der Waals surface area contributed by atoms with Gasteiger partial charge in [-0.15, -0.1) is 11.3 Å². The molecular weight excluding hydrogens is 348 g/mol. The van der Waals surface area contributed by atoms with Crippen molar-refractivity contribution in [2.75, 3.05) is 24.8 Å². The van der Waals surface area contributed by atoms with E-state index in [1.807, 2.05) is 25.1 Å². The third-order valence-corrected chi connectivity index (χ3v) is 5.66. The minimum Gasteiger partial charge on any atom is -0.454 e. The molecule has 4 rings (SSSR count). The molecule has 26 heavy (non-hydrogen) atoms. The maximum Gasteiger partial charge on any atom is 0.231 e. The summed E-state index contributed by atoms with van der Waals surface area (Å²) < 4.78 is 10.9. The zero-order valence-corrected chi connectivity index (χ0v) is 15.7. The van der Waals surface area contributed by atoms with E-state index in [9.17, 15) is 5.26 Å². The van der Waals surface area contributed by atoms with E-state index in [-0.39, 0.29) is 6.79 Å². The molecule has 3 aromatic rings. The lowest BCUT2D eigenvalue weighted by atomic mass is 10.1. The monoisotopic (exact) mass is 366 g/mol. The second-order valence-corrected chi connectivity index (χ2v) is 6.96. The Kier molecular flexibility index (Phi) is 4.13. The molecule has 0 fully saturated rings. The van der Waals surface area contributed by atoms with Gasteiger partial charge in [0.25, 0.3) is 0 Å². The Labute approximate surface area is 155 Å². The fraction of sp³-hybridized carbons (Fsp3) is 0.316. The van der Waals surface area contributed by atoms with Gasteiger partial charge in [-0.1, -0.05) is 0 Å². The molecule has 0 saturated carbocycles. The molecule has 132 valence electrons. The van der Waals surface area contributed by atoms with E-state index in [1.165, 1.54) is 11.3 Å². The van der Waals surface area contributed by atoms with Gasteiger partial charge < -0.3 is 14.4 Å². The number of thiophene rings is 1. The van der Waals surface area contributed by atoms with Crippen molar-refractivity contribution in [3.05, 3.63) is 28.6 Å². The Morgan fingerprint density at radius 3 is 2.69 bits per heavy atom. The smallest absolute Gasteiger partial charge is 0.231 e. The number of rotatable bonds is 4. The van der Waals surface area contributed by atoms with Crippen LogP contribution in [-0.2, 0) is 0 Å². The van der Waals surface area contributed by atoms with Crippen LogP contribution in [0.3, 0.4) is 0 Å². The molecule has 1 aliphatic heterocycles. The highest BCUT2D eigenvalue weighted by atomic mass is 32.1. The Morgan fingerprint density at radius 1 is 1.19 bits per heavy atom. The first-order valence-corrected chi connectivity index (χ1v) is 9.34. The standard InChI is InChI=1S/C19H18N4O2S/c1-4-23(5-2)18-16-11(3)15(9-20)26-19(16)22-17(21-18)12-6-7-13-14(8-12)25-10-24-13/h6-8H,4-5,10H2,1-3H3. The molecule has 0 N–H and O–H groups in total. The third kappa shape index (κ3) is 2.54. The summed E-state index contributed by atoms with van der Waals surface area (Å²) in [5, 5.41) is 10.4. The van der Waals surface area contributed by atoms with Crippen LogP contribution in [0.1, 0.15) is 24.3 Å². The maximum atomic E-state index is 9.42. The van der Waals surface area contributed by atoms with E-state index in [1.54, 1.807) is 0 Å². The van der Waals surface area contributed by atoms with Gasteiger partial charge >= 0.3 is 0 Å². The average molecular weight is 366 g/mol. The normalized spacial score (nSPS) is 12.4. The largest absolute Gasteiger partial charge is 0.454 e. The number of fused-ring (bicyclic) bond motifs is 2. The molecule has 0 amide bonds. The van der Waals surface area contributed by atoms with Crippen LogP contribution in [0.5, 0.6) is 11.5 Å². The molecule has 0 atom stereocenters. The molecular formula is C19H18N4O2S. The fourth-order valence-corrected chi connectivity index (χ4v) is 4.11. The van der Waals surface area contributed by atoms with Gasteiger partial charge in [-0.25, -0.2) is 9.97 Å². The summed E-state index contributed by atoms with van der Waals surface area (Å²) in [5.41, 5.74) is 1.82. The number of aryl methyl sites for hydroxylation is 1. The summed E-state index contributed by atoms with van der Waals surface area (Å²) in [7, 11) is 0. The van der Waals surface area contributed by atoms with Crippen molar-refractivity contribution in [2.45, 2.75) is 20.8 Å². The maximum absolute atomic E-state index is 9.42. The molecule has 0 unspecified atom stereocenters. The average Bonchev–Trinajstić information content (AvgIpc) is 3.26. The van der Waals surface area contributed by atoms with Gasteiger partial charge in [0.1, 0.15) is 21.6 Å². The Hall–Kier alpha value is -2.85. The van der Waals surface area contributed by atoms with Crippen LogP contribution in [0.15, 0.2) is 18.2 Å². The number of nitrogens with zero attached hydrogens (tertiary/aromatic N) is 4. The lowest BCUT2D eigenvalue weighted by Crippen LogP contribution is -2.23. The van der Waals surface area contributed by atoms with Crippen LogP contribution in [0.4, 0.5) is 5.82 Å². The molecule has 7 heteroatoms. The second-order valence-electron chi connectivity index (χ2n) is 5.96. The molecule has 1 aromatic carbocycles. The minimum atomic E-state index is 0.235. The molecule has 1 aliphatic rings. The van der Waals surface area contributed by atoms with Crippen molar-refractivity contribution < 1.29 is 9.47 Å². The zero-order valence-electron chi connectivity index (χ0n) is 14.9. The number of benzene rings is 1. The SMILES string of the molecule is CCN(CC)c1nc(-c2ccc3c(c2)OCO3)nc2sc(C#N)c(C)c12. The summed E-state index contributed by atoms with van der Waals surface area (Å²) >= 11 is 1.42. The molecule has 0 aliphatic carbocycles. The lowest BCUT2D eigenvalue weighted by molar-refractivity contribution is 0.174. The van der Waals surface area contributed by atoms with Gasteiger partial charge in [0, 0.05) is 18.7 Å². The topological polar surface area (TPSA) is 71.3 Å². The van der Waals surface area contributed by atoms with Gasteiger partial charge in [-0.3, -0.25) is 0 Å². The number of hydrogen-bond acceptors (Lipinski definition) is 7. The van der Waals surface area contributed by atoms with E-state index < -0.39 is 0 Å². The predicted octanol–water partition coefficient (Wildman–Crippen LogP) is 4.11. The van der Waals surface area contributed by atoms with Crippen molar-refractivity contribution in [1.29, 1.82) is 5.26 Å². The molecule has 0 bridgehead atoms. The Morgan fingerprint density at radius 2 is 1.96 bits per heavy atom. The zero-order chi connectivity index (χ0) is 18.3. The van der Waals surface area contributed by atoms with Gasteiger partial charge in [0.2, 0.25) is 6.79 Å². The van der Waals surface area contributed by atoms with Gasteiger partial charge in [-0.05, 0) is 44.5 Å². The number of aromatic nitrogens is 2. The highest BCUT2D eigenvalue weighted by molar-refractivity contribution is 7.19. The first-order valence-electron chi connectivity index (χ1n) is 8.52. The summed E-state index contributed by atoms with van der Waals surface area (Å²) in [5.74, 6) is 2.94. The van der Waals surface area contributed by atoms with Crippen molar-refractivity contribution >= 4 is 27.4 Å². The highest BCUT2D eigenvalue weighted by Crippen LogP contribution is 2.39. The Balaban J connectivity index is 1.95. The van der Waals surface area contributed by atoms with Crippen molar-refractivity contribution in [1.82, 2.24) is 9.97 Å². The summed E-state index contributed by atoms with van der Waals surface area (Å²) in [6, 6.07) is 7.99. The van der Waals surface area contributed by atoms with E-state index in [0.717, 1.165) is 46.0 Å². The number of hydrogen-bond donors (Lipinski definition) is 0. The third-order valence-electron chi connectivity index (χ3n) is 4.57. The first kappa shape index (κ1) is 16.6.